The fourth-order valence-corrected chi connectivity index (χ4v) is 2.95. The number of hydrogen-bond acceptors (Lipinski definition) is 4. The zero-order valence-corrected chi connectivity index (χ0v) is 14.0. The molecule has 0 radical (unpaired) electrons. The second kappa shape index (κ2) is 6.08. The number of aldehydes is 1. The van der Waals surface area contributed by atoms with Crippen LogP contribution in [0.3, 0.4) is 0 Å². The maximum atomic E-state index is 11.8. The van der Waals surface area contributed by atoms with E-state index in [1.165, 1.54) is 0 Å². The molecule has 0 aliphatic heterocycles. The molecular formula is C17H17ClN4O. The van der Waals surface area contributed by atoms with Gasteiger partial charge in [0.1, 0.15) is 5.15 Å². The van der Waals surface area contributed by atoms with Crippen molar-refractivity contribution in [2.45, 2.75) is 33.2 Å². The Bertz CT molecular complexity index is 886. The van der Waals surface area contributed by atoms with Crippen molar-refractivity contribution in [3.8, 4) is 11.1 Å². The van der Waals surface area contributed by atoms with Gasteiger partial charge < -0.3 is 0 Å². The van der Waals surface area contributed by atoms with Crippen LogP contribution >= 0.6 is 11.6 Å². The normalized spacial score (nSPS) is 11.3. The van der Waals surface area contributed by atoms with Crippen molar-refractivity contribution in [3.63, 3.8) is 0 Å². The summed E-state index contributed by atoms with van der Waals surface area (Å²) in [4.78, 5) is 20.5. The highest BCUT2D eigenvalue weighted by molar-refractivity contribution is 6.29. The van der Waals surface area contributed by atoms with Gasteiger partial charge in [-0.1, -0.05) is 25.4 Å². The average Bonchev–Trinajstić information content (AvgIpc) is 2.95. The Morgan fingerprint density at radius 2 is 2.17 bits per heavy atom. The summed E-state index contributed by atoms with van der Waals surface area (Å²) in [5.41, 5.74) is 3.80. The highest BCUT2D eigenvalue weighted by Gasteiger charge is 2.20. The van der Waals surface area contributed by atoms with Gasteiger partial charge in [-0.05, 0) is 30.5 Å². The molecule has 0 aliphatic rings. The molecular weight excluding hydrogens is 312 g/mol. The van der Waals surface area contributed by atoms with Crippen LogP contribution in [0.25, 0.3) is 22.2 Å². The van der Waals surface area contributed by atoms with Crippen LogP contribution < -0.4 is 0 Å². The molecule has 0 spiro atoms. The van der Waals surface area contributed by atoms with Crippen LogP contribution in [0.4, 0.5) is 0 Å². The standard InChI is InChI=1S/C17H17ClN4O/c1-4-22-17-12(8-20-22)15(11-5-6-19-14(18)7-11)13(9-23)16(21-17)10(2)3/h5-10H,4H2,1-3H3. The maximum Gasteiger partial charge on any atom is 0.158 e. The lowest BCUT2D eigenvalue weighted by Gasteiger charge is -2.14. The van der Waals surface area contributed by atoms with E-state index < -0.39 is 0 Å². The molecule has 0 aromatic carbocycles. The molecule has 0 atom stereocenters. The fraction of sp³-hybridized carbons (Fsp3) is 0.294. The van der Waals surface area contributed by atoms with Crippen LogP contribution in [0, 0.1) is 0 Å². The minimum Gasteiger partial charge on any atom is -0.298 e. The molecule has 0 saturated carbocycles. The van der Waals surface area contributed by atoms with Gasteiger partial charge in [0.05, 0.1) is 11.9 Å². The molecule has 0 aliphatic carbocycles. The molecule has 3 aromatic rings. The van der Waals surface area contributed by atoms with E-state index in [1.54, 1.807) is 18.5 Å². The van der Waals surface area contributed by atoms with E-state index in [-0.39, 0.29) is 5.92 Å². The SMILES string of the molecule is CCn1ncc2c(-c3ccnc(Cl)c3)c(C=O)c(C(C)C)nc21. The summed E-state index contributed by atoms with van der Waals surface area (Å²) >= 11 is 6.04. The lowest BCUT2D eigenvalue weighted by Crippen LogP contribution is -2.06. The summed E-state index contributed by atoms with van der Waals surface area (Å²) in [6, 6.07) is 3.61. The van der Waals surface area contributed by atoms with Gasteiger partial charge in [0, 0.05) is 29.3 Å². The van der Waals surface area contributed by atoms with Gasteiger partial charge in [0.25, 0.3) is 0 Å². The number of carbonyl (C=O) groups is 1. The lowest BCUT2D eigenvalue weighted by atomic mass is 9.94. The third-order valence-electron chi connectivity index (χ3n) is 3.83. The number of nitrogens with zero attached hydrogens (tertiary/aromatic N) is 4. The molecule has 0 N–H and O–H groups in total. The number of fused-ring (bicyclic) bond motifs is 1. The van der Waals surface area contributed by atoms with Crippen LogP contribution in [0.2, 0.25) is 5.15 Å². The van der Waals surface area contributed by atoms with Gasteiger partial charge in [0.15, 0.2) is 11.9 Å². The van der Waals surface area contributed by atoms with Crippen LogP contribution in [0.15, 0.2) is 24.5 Å². The van der Waals surface area contributed by atoms with Crippen molar-refractivity contribution in [2.24, 2.45) is 0 Å². The molecule has 0 fully saturated rings. The van der Waals surface area contributed by atoms with E-state index >= 15 is 0 Å². The topological polar surface area (TPSA) is 60.7 Å². The number of hydrogen-bond donors (Lipinski definition) is 0. The van der Waals surface area contributed by atoms with E-state index in [0.717, 1.165) is 34.1 Å². The Balaban J connectivity index is 2.46. The molecule has 0 amide bonds. The van der Waals surface area contributed by atoms with Crippen molar-refractivity contribution >= 4 is 28.9 Å². The van der Waals surface area contributed by atoms with E-state index in [0.29, 0.717) is 17.3 Å². The monoisotopic (exact) mass is 328 g/mol. The smallest absolute Gasteiger partial charge is 0.158 e. The van der Waals surface area contributed by atoms with Gasteiger partial charge in [0.2, 0.25) is 0 Å². The predicted octanol–water partition coefficient (Wildman–Crippen LogP) is 4.10. The molecule has 3 aromatic heterocycles. The quantitative estimate of drug-likeness (QED) is 0.534. The number of rotatable bonds is 4. The summed E-state index contributed by atoms with van der Waals surface area (Å²) in [5, 5.41) is 5.62. The fourth-order valence-electron chi connectivity index (χ4n) is 2.78. The van der Waals surface area contributed by atoms with Gasteiger partial charge in [-0.2, -0.15) is 5.10 Å². The van der Waals surface area contributed by atoms with Crippen molar-refractivity contribution in [1.29, 1.82) is 0 Å². The molecule has 3 heterocycles. The zero-order chi connectivity index (χ0) is 16.6. The van der Waals surface area contributed by atoms with Gasteiger partial charge in [-0.15, -0.1) is 0 Å². The summed E-state index contributed by atoms with van der Waals surface area (Å²) in [6.45, 7) is 6.78. The highest BCUT2D eigenvalue weighted by Crippen LogP contribution is 2.35. The van der Waals surface area contributed by atoms with E-state index in [9.17, 15) is 4.79 Å². The number of halogens is 1. The number of aryl methyl sites for hydroxylation is 1. The predicted molar refractivity (Wildman–Crippen MR) is 90.9 cm³/mol. The largest absolute Gasteiger partial charge is 0.298 e. The van der Waals surface area contributed by atoms with E-state index in [1.807, 2.05) is 31.5 Å². The molecule has 0 bridgehead atoms. The second-order valence-electron chi connectivity index (χ2n) is 5.62. The Labute approximate surface area is 139 Å². The summed E-state index contributed by atoms with van der Waals surface area (Å²) in [5.74, 6) is 0.121. The Hall–Kier alpha value is -2.27. The first-order valence-electron chi connectivity index (χ1n) is 7.53. The van der Waals surface area contributed by atoms with Crippen molar-refractivity contribution in [2.75, 3.05) is 0 Å². The zero-order valence-electron chi connectivity index (χ0n) is 13.2. The molecule has 0 saturated heterocycles. The molecule has 0 unspecified atom stereocenters. The Morgan fingerprint density at radius 3 is 2.78 bits per heavy atom. The molecule has 118 valence electrons. The van der Waals surface area contributed by atoms with Crippen LogP contribution in [-0.4, -0.2) is 26.0 Å². The first-order chi connectivity index (χ1) is 11.1. The van der Waals surface area contributed by atoms with Crippen LogP contribution in [0.1, 0.15) is 42.7 Å². The maximum absolute atomic E-state index is 11.8. The Morgan fingerprint density at radius 1 is 1.39 bits per heavy atom. The minimum atomic E-state index is 0.121. The second-order valence-corrected chi connectivity index (χ2v) is 6.01. The number of pyridine rings is 2. The van der Waals surface area contributed by atoms with Crippen LogP contribution in [0.5, 0.6) is 0 Å². The molecule has 5 nitrogen and oxygen atoms in total. The number of carbonyl (C=O) groups excluding carboxylic acids is 1. The summed E-state index contributed by atoms with van der Waals surface area (Å²) < 4.78 is 1.84. The first-order valence-corrected chi connectivity index (χ1v) is 7.91. The van der Waals surface area contributed by atoms with Crippen molar-refractivity contribution in [3.05, 3.63) is 40.9 Å². The van der Waals surface area contributed by atoms with Crippen molar-refractivity contribution < 1.29 is 4.79 Å². The minimum absolute atomic E-state index is 0.121. The summed E-state index contributed by atoms with van der Waals surface area (Å²) in [7, 11) is 0. The Kier molecular flexibility index (Phi) is 4.13. The third-order valence-corrected chi connectivity index (χ3v) is 4.04. The first kappa shape index (κ1) is 15.6. The average molecular weight is 329 g/mol. The van der Waals surface area contributed by atoms with Crippen molar-refractivity contribution in [1.82, 2.24) is 19.7 Å². The number of aromatic nitrogens is 4. The molecule has 6 heteroatoms. The van der Waals surface area contributed by atoms with E-state index in [2.05, 4.69) is 10.1 Å². The molecule has 23 heavy (non-hydrogen) atoms. The highest BCUT2D eigenvalue weighted by atomic mass is 35.5. The van der Waals surface area contributed by atoms with Gasteiger partial charge >= 0.3 is 0 Å². The van der Waals surface area contributed by atoms with Gasteiger partial charge in [-0.3, -0.25) is 4.79 Å². The van der Waals surface area contributed by atoms with E-state index in [4.69, 9.17) is 16.6 Å². The van der Waals surface area contributed by atoms with Gasteiger partial charge in [-0.25, -0.2) is 14.6 Å². The third kappa shape index (κ3) is 2.61. The molecule has 3 rings (SSSR count). The summed E-state index contributed by atoms with van der Waals surface area (Å²) in [6.07, 6.45) is 4.26. The lowest BCUT2D eigenvalue weighted by molar-refractivity contribution is 0.112. The van der Waals surface area contributed by atoms with Crippen LogP contribution in [-0.2, 0) is 6.54 Å².